The van der Waals surface area contributed by atoms with Crippen molar-refractivity contribution in [2.75, 3.05) is 11.9 Å². The van der Waals surface area contributed by atoms with Crippen molar-refractivity contribution in [1.82, 2.24) is 0 Å². The average molecular weight is 305 g/mol. The molecule has 1 N–H and O–H groups in total. The number of allylic oxidation sites excluding steroid dienone is 1. The largest absolute Gasteiger partial charge is 0.361 e. The van der Waals surface area contributed by atoms with Gasteiger partial charge in [0.2, 0.25) is 5.69 Å². The normalized spacial score (nSPS) is 16.0. The van der Waals surface area contributed by atoms with Gasteiger partial charge in [-0.05, 0) is 45.9 Å². The highest BCUT2D eigenvalue weighted by Gasteiger charge is 2.43. The van der Waals surface area contributed by atoms with Crippen LogP contribution in [-0.4, -0.2) is 16.8 Å². The Morgan fingerprint density at radius 3 is 2.52 bits per heavy atom. The Balaban J connectivity index is 1.94. The zero-order valence-corrected chi connectivity index (χ0v) is 14.4. The summed E-state index contributed by atoms with van der Waals surface area (Å²) >= 11 is 0. The Morgan fingerprint density at radius 2 is 1.83 bits per heavy atom. The Kier molecular flexibility index (Phi) is 4.08. The zero-order valence-electron chi connectivity index (χ0n) is 14.4. The molecule has 1 aliphatic heterocycles. The highest BCUT2D eigenvalue weighted by Crippen LogP contribution is 2.40. The molecule has 0 saturated carbocycles. The zero-order chi connectivity index (χ0) is 16.4. The number of anilines is 1. The van der Waals surface area contributed by atoms with E-state index in [1.165, 1.54) is 22.5 Å². The Bertz CT molecular complexity index is 768. The summed E-state index contributed by atoms with van der Waals surface area (Å²) in [6.07, 6.45) is 4.26. The fourth-order valence-electron chi connectivity index (χ4n) is 3.38. The molecule has 118 valence electrons. The molecule has 0 amide bonds. The van der Waals surface area contributed by atoms with Crippen molar-refractivity contribution in [3.05, 3.63) is 71.9 Å². The first kappa shape index (κ1) is 15.5. The first-order valence-corrected chi connectivity index (χ1v) is 8.28. The monoisotopic (exact) mass is 305 g/mol. The fourth-order valence-corrected chi connectivity index (χ4v) is 3.38. The number of nitrogens with one attached hydrogen (secondary N) is 1. The average Bonchev–Trinajstić information content (AvgIpc) is 2.76. The van der Waals surface area contributed by atoms with Crippen LogP contribution in [0.25, 0.3) is 0 Å². The molecule has 0 saturated heterocycles. The third-order valence-corrected chi connectivity index (χ3v) is 4.63. The van der Waals surface area contributed by atoms with Gasteiger partial charge in [0.05, 0.1) is 5.41 Å². The number of nitrogens with zero attached hydrogens (tertiary/aromatic N) is 1. The van der Waals surface area contributed by atoms with Gasteiger partial charge in [-0.25, -0.2) is 0 Å². The predicted molar refractivity (Wildman–Crippen MR) is 98.9 cm³/mol. The minimum Gasteiger partial charge on any atom is -0.361 e. The number of hydrogen-bond acceptors (Lipinski definition) is 1. The van der Waals surface area contributed by atoms with Crippen LogP contribution in [0.2, 0.25) is 0 Å². The maximum Gasteiger partial charge on any atom is 0.209 e. The summed E-state index contributed by atoms with van der Waals surface area (Å²) in [5.41, 5.74) is 6.54. The van der Waals surface area contributed by atoms with Crippen LogP contribution in [0.3, 0.4) is 0 Å². The van der Waals surface area contributed by atoms with E-state index in [2.05, 4.69) is 74.0 Å². The summed E-state index contributed by atoms with van der Waals surface area (Å²) in [6, 6.07) is 17.0. The van der Waals surface area contributed by atoms with Crippen LogP contribution in [0, 0.1) is 6.92 Å². The minimum atomic E-state index is 0.0201. The Morgan fingerprint density at radius 1 is 1.09 bits per heavy atom. The van der Waals surface area contributed by atoms with Crippen molar-refractivity contribution in [3.8, 4) is 0 Å². The SMILES string of the molecule is CC[N+]1=C(/C=C/Nc2ccccc2)C(C)(C)c2cc(C)ccc21. The van der Waals surface area contributed by atoms with E-state index >= 15 is 0 Å². The van der Waals surface area contributed by atoms with Crippen LogP contribution < -0.4 is 5.32 Å². The Labute approximate surface area is 139 Å². The van der Waals surface area contributed by atoms with Gasteiger partial charge < -0.3 is 5.32 Å². The van der Waals surface area contributed by atoms with E-state index in [1.54, 1.807) is 0 Å². The predicted octanol–water partition coefficient (Wildman–Crippen LogP) is 5.02. The lowest BCUT2D eigenvalue weighted by Gasteiger charge is -2.15. The molecule has 3 rings (SSSR count). The molecule has 0 aromatic heterocycles. The van der Waals surface area contributed by atoms with Crippen molar-refractivity contribution in [1.29, 1.82) is 0 Å². The van der Waals surface area contributed by atoms with Crippen molar-refractivity contribution < 1.29 is 4.58 Å². The molecule has 1 heterocycles. The molecule has 0 atom stereocenters. The lowest BCUT2D eigenvalue weighted by atomic mass is 9.81. The molecule has 0 radical (unpaired) electrons. The fraction of sp³-hybridized carbons (Fsp3) is 0.286. The molecule has 1 aliphatic rings. The second-order valence-corrected chi connectivity index (χ2v) is 6.62. The first-order chi connectivity index (χ1) is 11.0. The molecule has 0 unspecified atom stereocenters. The van der Waals surface area contributed by atoms with E-state index in [1.807, 2.05) is 24.4 Å². The van der Waals surface area contributed by atoms with Crippen molar-refractivity contribution >= 4 is 17.1 Å². The van der Waals surface area contributed by atoms with Gasteiger partial charge in [0.1, 0.15) is 6.54 Å². The van der Waals surface area contributed by atoms with Gasteiger partial charge in [-0.1, -0.05) is 29.8 Å². The summed E-state index contributed by atoms with van der Waals surface area (Å²) in [5, 5.41) is 3.36. The maximum absolute atomic E-state index is 3.36. The molecule has 23 heavy (non-hydrogen) atoms. The third kappa shape index (κ3) is 2.81. The van der Waals surface area contributed by atoms with E-state index in [0.29, 0.717) is 0 Å². The van der Waals surface area contributed by atoms with Crippen LogP contribution in [0.4, 0.5) is 11.4 Å². The third-order valence-electron chi connectivity index (χ3n) is 4.63. The van der Waals surface area contributed by atoms with Gasteiger partial charge in [0.25, 0.3) is 0 Å². The molecule has 0 spiro atoms. The number of hydrogen-bond donors (Lipinski definition) is 1. The number of rotatable bonds is 4. The molecule has 0 fully saturated rings. The van der Waals surface area contributed by atoms with Gasteiger partial charge >= 0.3 is 0 Å². The van der Waals surface area contributed by atoms with E-state index in [0.717, 1.165) is 12.2 Å². The van der Waals surface area contributed by atoms with Gasteiger partial charge in [-0.2, -0.15) is 4.58 Å². The van der Waals surface area contributed by atoms with Gasteiger partial charge in [0, 0.05) is 29.6 Å². The van der Waals surface area contributed by atoms with Crippen LogP contribution in [0.5, 0.6) is 0 Å². The second kappa shape index (κ2) is 6.04. The molecule has 0 aliphatic carbocycles. The van der Waals surface area contributed by atoms with Gasteiger partial charge in [-0.15, -0.1) is 0 Å². The Hall–Kier alpha value is -2.35. The van der Waals surface area contributed by atoms with Crippen LogP contribution in [0.1, 0.15) is 31.9 Å². The van der Waals surface area contributed by atoms with Crippen LogP contribution in [-0.2, 0) is 5.41 Å². The smallest absolute Gasteiger partial charge is 0.209 e. The molecule has 0 bridgehead atoms. The van der Waals surface area contributed by atoms with E-state index in [-0.39, 0.29) is 5.41 Å². The van der Waals surface area contributed by atoms with Crippen molar-refractivity contribution in [3.63, 3.8) is 0 Å². The highest BCUT2D eigenvalue weighted by atomic mass is 15.1. The number of aryl methyl sites for hydroxylation is 1. The van der Waals surface area contributed by atoms with Gasteiger partial charge in [-0.3, -0.25) is 0 Å². The van der Waals surface area contributed by atoms with Gasteiger partial charge in [0.15, 0.2) is 5.71 Å². The van der Waals surface area contributed by atoms with Crippen molar-refractivity contribution in [2.24, 2.45) is 0 Å². The van der Waals surface area contributed by atoms with E-state index in [9.17, 15) is 0 Å². The molecule has 2 aromatic carbocycles. The molecule has 2 heteroatoms. The second-order valence-electron chi connectivity index (χ2n) is 6.62. The summed E-state index contributed by atoms with van der Waals surface area (Å²) in [7, 11) is 0. The first-order valence-electron chi connectivity index (χ1n) is 8.28. The van der Waals surface area contributed by atoms with Crippen LogP contribution in [0.15, 0.2) is 60.8 Å². The molecule has 2 nitrogen and oxygen atoms in total. The number of fused-ring (bicyclic) bond motifs is 1. The number of para-hydroxylation sites is 1. The van der Waals surface area contributed by atoms with Crippen LogP contribution >= 0.6 is 0 Å². The standard InChI is InChI=1S/C21H24N2/c1-5-23-19-12-11-16(2)15-18(19)21(3,4)20(23)13-14-22-17-9-7-6-8-10-17/h6-15H,5H2,1-4H3/p+1. The molecular formula is C21H25N2+. The van der Waals surface area contributed by atoms with E-state index < -0.39 is 0 Å². The summed E-state index contributed by atoms with van der Waals surface area (Å²) in [5.74, 6) is 0. The highest BCUT2D eigenvalue weighted by molar-refractivity contribution is 6.03. The summed E-state index contributed by atoms with van der Waals surface area (Å²) in [6.45, 7) is 9.97. The summed E-state index contributed by atoms with van der Waals surface area (Å²) < 4.78 is 2.41. The quantitative estimate of drug-likeness (QED) is 0.784. The van der Waals surface area contributed by atoms with E-state index in [4.69, 9.17) is 0 Å². The molecule has 2 aromatic rings. The lowest BCUT2D eigenvalue weighted by molar-refractivity contribution is -0.433. The number of benzene rings is 2. The minimum absolute atomic E-state index is 0.0201. The van der Waals surface area contributed by atoms with Crippen molar-refractivity contribution in [2.45, 2.75) is 33.1 Å². The topological polar surface area (TPSA) is 15.0 Å². The summed E-state index contributed by atoms with van der Waals surface area (Å²) in [4.78, 5) is 0. The lowest BCUT2D eigenvalue weighted by Crippen LogP contribution is -2.27. The maximum atomic E-state index is 3.36. The molecular weight excluding hydrogens is 280 g/mol.